The number of alkyl halides is 1. The van der Waals surface area contributed by atoms with E-state index in [1.165, 1.54) is 25.4 Å². The molecule has 1 saturated carbocycles. The van der Waals surface area contributed by atoms with Crippen LogP contribution in [0.3, 0.4) is 0 Å². The van der Waals surface area contributed by atoms with E-state index < -0.39 is 17.4 Å². The van der Waals surface area contributed by atoms with Gasteiger partial charge in [-0.05, 0) is 40.9 Å². The minimum absolute atomic E-state index is 0.224. The second-order valence-electron chi connectivity index (χ2n) is 5.52. The van der Waals surface area contributed by atoms with Crippen LogP contribution in [0.1, 0.15) is 18.5 Å². The topological polar surface area (TPSA) is 59.9 Å². The summed E-state index contributed by atoms with van der Waals surface area (Å²) in [6.45, 7) is 0.298. The van der Waals surface area contributed by atoms with Gasteiger partial charge in [-0.3, -0.25) is 4.98 Å². The number of pyridine rings is 1. The van der Waals surface area contributed by atoms with E-state index in [9.17, 15) is 8.78 Å². The minimum atomic E-state index is -0.946. The summed E-state index contributed by atoms with van der Waals surface area (Å²) in [4.78, 5) is 12.4. The van der Waals surface area contributed by atoms with E-state index in [1.54, 1.807) is 6.20 Å². The van der Waals surface area contributed by atoms with Crippen LogP contribution in [0.15, 0.2) is 29.0 Å². The predicted molar refractivity (Wildman–Crippen MR) is 84.8 cm³/mol. The molecule has 0 aromatic carbocycles. The largest absolute Gasteiger partial charge is 0.480 e. The number of methoxy groups -OCH3 is 1. The molecule has 0 radical (unpaired) electrons. The molecule has 3 rings (SSSR count). The molecule has 1 aliphatic rings. The number of nitrogens with one attached hydrogen (secondary N) is 1. The summed E-state index contributed by atoms with van der Waals surface area (Å²) >= 11 is 3.27. The summed E-state index contributed by atoms with van der Waals surface area (Å²) in [7, 11) is 1.50. The van der Waals surface area contributed by atoms with E-state index in [2.05, 4.69) is 36.2 Å². The monoisotopic (exact) mass is 384 g/mol. The Morgan fingerprint density at radius 1 is 1.43 bits per heavy atom. The molecule has 0 saturated heterocycles. The molecular weight excluding hydrogens is 370 g/mol. The third-order valence-electron chi connectivity index (χ3n) is 3.98. The summed E-state index contributed by atoms with van der Waals surface area (Å²) in [6.07, 6.45) is 2.58. The number of nitrogens with zero attached hydrogens (tertiary/aromatic N) is 3. The number of ether oxygens (including phenoxy) is 1. The quantitative estimate of drug-likeness (QED) is 0.856. The van der Waals surface area contributed by atoms with Gasteiger partial charge < -0.3 is 10.1 Å². The summed E-state index contributed by atoms with van der Waals surface area (Å²) < 4.78 is 33.3. The molecule has 0 amide bonds. The molecule has 0 atom stereocenters. The number of halogens is 3. The predicted octanol–water partition coefficient (Wildman–Crippen LogP) is 3.26. The number of aromatic nitrogens is 3. The highest BCUT2D eigenvalue weighted by atomic mass is 79.9. The van der Waals surface area contributed by atoms with Gasteiger partial charge >= 0.3 is 0 Å². The number of anilines is 1. The lowest BCUT2D eigenvalue weighted by molar-refractivity contribution is 0.0963. The minimum Gasteiger partial charge on any atom is -0.480 e. The Morgan fingerprint density at radius 2 is 2.22 bits per heavy atom. The van der Waals surface area contributed by atoms with Crippen LogP contribution in [0.4, 0.5) is 14.7 Å². The van der Waals surface area contributed by atoms with Crippen LogP contribution in [-0.4, -0.2) is 34.8 Å². The molecule has 5 nitrogen and oxygen atoms in total. The molecular formula is C15H15BrF2N4O. The van der Waals surface area contributed by atoms with Crippen LogP contribution in [0.5, 0.6) is 5.88 Å². The number of hydrogen-bond acceptors (Lipinski definition) is 5. The third kappa shape index (κ3) is 3.12. The summed E-state index contributed by atoms with van der Waals surface area (Å²) in [5, 5.41) is 3.04. The SMILES string of the molecule is COc1nc(NCC2(c3ncccc3F)CC(F)C2)ncc1Br. The Balaban J connectivity index is 1.80. The number of rotatable bonds is 5. The second kappa shape index (κ2) is 6.35. The van der Waals surface area contributed by atoms with Gasteiger partial charge in [-0.1, -0.05) is 0 Å². The van der Waals surface area contributed by atoms with Crippen LogP contribution in [-0.2, 0) is 5.41 Å². The first-order chi connectivity index (χ1) is 11.0. The highest BCUT2D eigenvalue weighted by molar-refractivity contribution is 9.10. The molecule has 0 spiro atoms. The fourth-order valence-corrected chi connectivity index (χ4v) is 3.17. The van der Waals surface area contributed by atoms with Gasteiger partial charge in [0.25, 0.3) is 0 Å². The lowest BCUT2D eigenvalue weighted by Gasteiger charge is -2.43. The van der Waals surface area contributed by atoms with Crippen LogP contribution in [0, 0.1) is 5.82 Å². The maximum absolute atomic E-state index is 14.1. The van der Waals surface area contributed by atoms with Crippen molar-refractivity contribution >= 4 is 21.9 Å². The molecule has 2 heterocycles. The van der Waals surface area contributed by atoms with Crippen LogP contribution < -0.4 is 10.1 Å². The first-order valence-electron chi connectivity index (χ1n) is 7.09. The van der Waals surface area contributed by atoms with E-state index in [1.807, 2.05) is 0 Å². The third-order valence-corrected chi connectivity index (χ3v) is 4.52. The van der Waals surface area contributed by atoms with Crippen LogP contribution in [0.25, 0.3) is 0 Å². The Morgan fingerprint density at radius 3 is 2.87 bits per heavy atom. The lowest BCUT2D eigenvalue weighted by atomic mass is 9.65. The van der Waals surface area contributed by atoms with Crippen molar-refractivity contribution in [2.45, 2.75) is 24.4 Å². The Labute approximate surface area is 140 Å². The lowest BCUT2D eigenvalue weighted by Crippen LogP contribution is -2.49. The molecule has 0 bridgehead atoms. The van der Waals surface area contributed by atoms with Gasteiger partial charge in [-0.15, -0.1) is 0 Å². The zero-order valence-electron chi connectivity index (χ0n) is 12.4. The Kier molecular flexibility index (Phi) is 4.43. The second-order valence-corrected chi connectivity index (χ2v) is 6.38. The highest BCUT2D eigenvalue weighted by Gasteiger charge is 2.48. The van der Waals surface area contributed by atoms with E-state index in [0.717, 1.165) is 0 Å². The molecule has 122 valence electrons. The van der Waals surface area contributed by atoms with Gasteiger partial charge in [0, 0.05) is 18.2 Å². The van der Waals surface area contributed by atoms with Crippen molar-refractivity contribution in [2.24, 2.45) is 0 Å². The molecule has 1 N–H and O–H groups in total. The average molecular weight is 385 g/mol. The van der Waals surface area contributed by atoms with Crippen molar-refractivity contribution in [3.63, 3.8) is 0 Å². The van der Waals surface area contributed by atoms with Gasteiger partial charge in [0.15, 0.2) is 0 Å². The van der Waals surface area contributed by atoms with Crippen molar-refractivity contribution in [3.05, 3.63) is 40.5 Å². The summed E-state index contributed by atoms with van der Waals surface area (Å²) in [6, 6.07) is 2.86. The van der Waals surface area contributed by atoms with Gasteiger partial charge in [-0.25, -0.2) is 13.8 Å². The van der Waals surface area contributed by atoms with Crippen molar-refractivity contribution < 1.29 is 13.5 Å². The highest BCUT2D eigenvalue weighted by Crippen LogP contribution is 2.45. The smallest absolute Gasteiger partial charge is 0.232 e. The molecule has 2 aromatic rings. The van der Waals surface area contributed by atoms with Gasteiger partial charge in [-0.2, -0.15) is 4.98 Å². The van der Waals surface area contributed by atoms with Gasteiger partial charge in [0.05, 0.1) is 23.5 Å². The van der Waals surface area contributed by atoms with Crippen LogP contribution in [0.2, 0.25) is 0 Å². The fraction of sp³-hybridized carbons (Fsp3) is 0.400. The molecule has 23 heavy (non-hydrogen) atoms. The Bertz CT molecular complexity index is 710. The summed E-state index contributed by atoms with van der Waals surface area (Å²) in [5.74, 6) is 0.302. The van der Waals surface area contributed by atoms with Gasteiger partial charge in [0.1, 0.15) is 12.0 Å². The maximum atomic E-state index is 14.1. The molecule has 1 fully saturated rings. The number of hydrogen-bond donors (Lipinski definition) is 1. The van der Waals surface area contributed by atoms with Crippen LogP contribution >= 0.6 is 15.9 Å². The van der Waals surface area contributed by atoms with E-state index in [0.29, 0.717) is 22.8 Å². The average Bonchev–Trinajstić information content (AvgIpc) is 2.52. The van der Waals surface area contributed by atoms with Gasteiger partial charge in [0.2, 0.25) is 11.8 Å². The normalized spacial score (nSPS) is 23.2. The zero-order valence-corrected chi connectivity index (χ0v) is 14.0. The van der Waals surface area contributed by atoms with Crippen molar-refractivity contribution in [3.8, 4) is 5.88 Å². The zero-order chi connectivity index (χ0) is 16.4. The summed E-state index contributed by atoms with van der Waals surface area (Å²) in [5.41, 5.74) is -0.403. The maximum Gasteiger partial charge on any atom is 0.232 e. The van der Waals surface area contributed by atoms with Crippen molar-refractivity contribution in [1.29, 1.82) is 0 Å². The first-order valence-corrected chi connectivity index (χ1v) is 7.89. The first kappa shape index (κ1) is 16.0. The van der Waals surface area contributed by atoms with Crippen molar-refractivity contribution in [2.75, 3.05) is 19.0 Å². The van der Waals surface area contributed by atoms with Crippen molar-refractivity contribution in [1.82, 2.24) is 15.0 Å². The van der Waals surface area contributed by atoms with E-state index in [-0.39, 0.29) is 18.5 Å². The standard InChI is InChI=1S/C15H15BrF2N4O/c1-23-13-10(16)7-20-14(22-13)21-8-15(5-9(17)6-15)12-11(18)3-2-4-19-12/h2-4,7,9H,5-6,8H2,1H3,(H,20,21,22). The molecule has 0 unspecified atom stereocenters. The molecule has 2 aromatic heterocycles. The van der Waals surface area contributed by atoms with E-state index in [4.69, 9.17) is 4.74 Å². The Hall–Kier alpha value is -1.83. The molecule has 1 aliphatic carbocycles. The molecule has 0 aliphatic heterocycles. The fourth-order valence-electron chi connectivity index (χ4n) is 2.81. The molecule has 8 heteroatoms. The van der Waals surface area contributed by atoms with E-state index >= 15 is 0 Å².